The number of imidazole rings is 1. The molecular weight excluding hydrogens is 212 g/mol. The SMILES string of the molecule is Cc1ncc(CNc2ccc(N(C)C)cc2)[nH]1. The minimum atomic E-state index is 0.766. The van der Waals surface area contributed by atoms with Crippen molar-refractivity contribution in [3.05, 3.63) is 42.0 Å². The van der Waals surface area contributed by atoms with Crippen molar-refractivity contribution in [3.63, 3.8) is 0 Å². The van der Waals surface area contributed by atoms with Crippen molar-refractivity contribution in [3.8, 4) is 0 Å². The van der Waals surface area contributed by atoms with Gasteiger partial charge in [-0.05, 0) is 31.2 Å². The first kappa shape index (κ1) is 11.5. The van der Waals surface area contributed by atoms with Gasteiger partial charge in [-0.25, -0.2) is 4.98 Å². The Morgan fingerprint density at radius 3 is 2.47 bits per heavy atom. The molecule has 90 valence electrons. The zero-order valence-electron chi connectivity index (χ0n) is 10.5. The molecule has 0 saturated carbocycles. The van der Waals surface area contributed by atoms with Crippen LogP contribution in [-0.2, 0) is 6.54 Å². The number of aromatic nitrogens is 2. The highest BCUT2D eigenvalue weighted by atomic mass is 15.1. The van der Waals surface area contributed by atoms with Gasteiger partial charge >= 0.3 is 0 Å². The molecule has 0 aliphatic heterocycles. The zero-order chi connectivity index (χ0) is 12.3. The highest BCUT2D eigenvalue weighted by molar-refractivity contribution is 5.54. The fourth-order valence-corrected chi connectivity index (χ4v) is 1.64. The van der Waals surface area contributed by atoms with Gasteiger partial charge in [0.15, 0.2) is 0 Å². The molecule has 0 atom stereocenters. The van der Waals surface area contributed by atoms with Crippen LogP contribution < -0.4 is 10.2 Å². The summed E-state index contributed by atoms with van der Waals surface area (Å²) in [5.41, 5.74) is 3.41. The lowest BCUT2D eigenvalue weighted by atomic mass is 10.2. The van der Waals surface area contributed by atoms with Crippen LogP contribution in [0, 0.1) is 6.92 Å². The van der Waals surface area contributed by atoms with Gasteiger partial charge in [0.1, 0.15) is 5.82 Å². The van der Waals surface area contributed by atoms with Crippen molar-refractivity contribution >= 4 is 11.4 Å². The van der Waals surface area contributed by atoms with Gasteiger partial charge < -0.3 is 15.2 Å². The molecule has 1 heterocycles. The maximum Gasteiger partial charge on any atom is 0.103 e. The van der Waals surface area contributed by atoms with Crippen molar-refractivity contribution in [1.29, 1.82) is 0 Å². The second-order valence-corrected chi connectivity index (χ2v) is 4.29. The number of aryl methyl sites for hydroxylation is 1. The number of rotatable bonds is 4. The van der Waals surface area contributed by atoms with E-state index >= 15 is 0 Å². The van der Waals surface area contributed by atoms with Gasteiger partial charge in [-0.1, -0.05) is 0 Å². The van der Waals surface area contributed by atoms with Crippen molar-refractivity contribution in [2.45, 2.75) is 13.5 Å². The highest BCUT2D eigenvalue weighted by Gasteiger charge is 1.98. The quantitative estimate of drug-likeness (QED) is 0.847. The van der Waals surface area contributed by atoms with Crippen LogP contribution in [-0.4, -0.2) is 24.1 Å². The summed E-state index contributed by atoms with van der Waals surface area (Å²) >= 11 is 0. The van der Waals surface area contributed by atoms with Crippen molar-refractivity contribution in [1.82, 2.24) is 9.97 Å². The van der Waals surface area contributed by atoms with E-state index in [1.54, 1.807) is 0 Å². The fraction of sp³-hybridized carbons (Fsp3) is 0.308. The first-order chi connectivity index (χ1) is 8.15. The van der Waals surface area contributed by atoms with Crippen LogP contribution in [0.5, 0.6) is 0 Å². The smallest absolute Gasteiger partial charge is 0.103 e. The van der Waals surface area contributed by atoms with Crippen LogP contribution in [0.25, 0.3) is 0 Å². The van der Waals surface area contributed by atoms with Gasteiger partial charge in [0, 0.05) is 25.5 Å². The molecule has 0 radical (unpaired) electrons. The molecule has 0 bridgehead atoms. The summed E-state index contributed by atoms with van der Waals surface area (Å²) < 4.78 is 0. The van der Waals surface area contributed by atoms with E-state index in [0.29, 0.717) is 0 Å². The molecule has 4 nitrogen and oxygen atoms in total. The van der Waals surface area contributed by atoms with E-state index in [1.807, 2.05) is 27.2 Å². The van der Waals surface area contributed by atoms with Gasteiger partial charge in [-0.2, -0.15) is 0 Å². The molecule has 0 unspecified atom stereocenters. The van der Waals surface area contributed by atoms with Crippen LogP contribution in [0.3, 0.4) is 0 Å². The Bertz CT molecular complexity index is 470. The largest absolute Gasteiger partial charge is 0.379 e. The van der Waals surface area contributed by atoms with Crippen molar-refractivity contribution < 1.29 is 0 Å². The lowest BCUT2D eigenvalue weighted by Crippen LogP contribution is -2.08. The fourth-order valence-electron chi connectivity index (χ4n) is 1.64. The van der Waals surface area contributed by atoms with E-state index in [2.05, 4.69) is 44.5 Å². The number of H-pyrrole nitrogens is 1. The van der Waals surface area contributed by atoms with E-state index < -0.39 is 0 Å². The summed E-state index contributed by atoms with van der Waals surface area (Å²) in [5, 5.41) is 3.35. The Morgan fingerprint density at radius 2 is 1.94 bits per heavy atom. The molecule has 0 aliphatic rings. The molecule has 0 fully saturated rings. The van der Waals surface area contributed by atoms with Crippen LogP contribution in [0.2, 0.25) is 0 Å². The van der Waals surface area contributed by atoms with E-state index in [9.17, 15) is 0 Å². The Hall–Kier alpha value is -1.97. The highest BCUT2D eigenvalue weighted by Crippen LogP contribution is 2.16. The molecule has 0 saturated heterocycles. The maximum atomic E-state index is 4.16. The van der Waals surface area contributed by atoms with E-state index in [-0.39, 0.29) is 0 Å². The average Bonchev–Trinajstić information content (AvgIpc) is 2.73. The lowest BCUT2D eigenvalue weighted by molar-refractivity contribution is 1.05. The Labute approximate surface area is 102 Å². The summed E-state index contributed by atoms with van der Waals surface area (Å²) in [6, 6.07) is 8.36. The summed E-state index contributed by atoms with van der Waals surface area (Å²) in [7, 11) is 4.08. The molecule has 2 rings (SSSR count). The summed E-state index contributed by atoms with van der Waals surface area (Å²) in [6.07, 6.45) is 1.86. The van der Waals surface area contributed by atoms with E-state index in [4.69, 9.17) is 0 Å². The number of hydrogen-bond donors (Lipinski definition) is 2. The van der Waals surface area contributed by atoms with Gasteiger partial charge in [-0.3, -0.25) is 0 Å². The normalized spacial score (nSPS) is 10.3. The van der Waals surface area contributed by atoms with Crippen molar-refractivity contribution in [2.24, 2.45) is 0 Å². The first-order valence-electron chi connectivity index (χ1n) is 5.67. The topological polar surface area (TPSA) is 44.0 Å². The third-order valence-corrected chi connectivity index (χ3v) is 2.62. The third-order valence-electron chi connectivity index (χ3n) is 2.62. The molecule has 1 aromatic heterocycles. The van der Waals surface area contributed by atoms with Gasteiger partial charge in [0.05, 0.1) is 18.4 Å². The minimum Gasteiger partial charge on any atom is -0.379 e. The lowest BCUT2D eigenvalue weighted by Gasteiger charge is -2.13. The first-order valence-corrected chi connectivity index (χ1v) is 5.67. The molecule has 0 spiro atoms. The minimum absolute atomic E-state index is 0.766. The molecule has 2 aromatic rings. The molecule has 0 amide bonds. The van der Waals surface area contributed by atoms with E-state index in [1.165, 1.54) is 5.69 Å². The number of anilines is 2. The maximum absolute atomic E-state index is 4.16. The average molecular weight is 230 g/mol. The summed E-state index contributed by atoms with van der Waals surface area (Å²) in [5.74, 6) is 0.949. The second kappa shape index (κ2) is 4.91. The van der Waals surface area contributed by atoms with Crippen molar-refractivity contribution in [2.75, 3.05) is 24.3 Å². The standard InChI is InChI=1S/C13H18N4/c1-10-14-8-12(16-10)9-15-11-4-6-13(7-5-11)17(2)3/h4-8,15H,9H2,1-3H3,(H,14,16). The molecule has 4 heteroatoms. The molecule has 0 aliphatic carbocycles. The number of hydrogen-bond acceptors (Lipinski definition) is 3. The van der Waals surface area contributed by atoms with Gasteiger partial charge in [0.2, 0.25) is 0 Å². The van der Waals surface area contributed by atoms with E-state index in [0.717, 1.165) is 23.8 Å². The molecule has 17 heavy (non-hydrogen) atoms. The van der Waals surface area contributed by atoms with Gasteiger partial charge in [0.25, 0.3) is 0 Å². The number of nitrogens with zero attached hydrogens (tertiary/aromatic N) is 2. The zero-order valence-corrected chi connectivity index (χ0v) is 10.5. The monoisotopic (exact) mass is 230 g/mol. The van der Waals surface area contributed by atoms with Crippen LogP contribution >= 0.6 is 0 Å². The predicted molar refractivity (Wildman–Crippen MR) is 71.4 cm³/mol. The number of nitrogens with one attached hydrogen (secondary N) is 2. The second-order valence-electron chi connectivity index (χ2n) is 4.29. The molecule has 2 N–H and O–H groups in total. The summed E-state index contributed by atoms with van der Waals surface area (Å²) in [4.78, 5) is 9.44. The Balaban J connectivity index is 1.95. The van der Waals surface area contributed by atoms with Crippen LogP contribution in [0.1, 0.15) is 11.5 Å². The van der Waals surface area contributed by atoms with Crippen LogP contribution in [0.4, 0.5) is 11.4 Å². The third kappa shape index (κ3) is 3.00. The number of benzene rings is 1. The Kier molecular flexibility index (Phi) is 3.32. The van der Waals surface area contributed by atoms with Crippen LogP contribution in [0.15, 0.2) is 30.5 Å². The Morgan fingerprint density at radius 1 is 1.24 bits per heavy atom. The summed E-state index contributed by atoms with van der Waals surface area (Å²) in [6.45, 7) is 2.72. The predicted octanol–water partition coefficient (Wildman–Crippen LogP) is 2.40. The number of aromatic amines is 1. The molecule has 1 aromatic carbocycles. The molecular formula is C13H18N4. The van der Waals surface area contributed by atoms with Gasteiger partial charge in [-0.15, -0.1) is 0 Å².